The lowest BCUT2D eigenvalue weighted by Gasteiger charge is -1.98. The summed E-state index contributed by atoms with van der Waals surface area (Å²) >= 11 is 5.62. The molecule has 0 aromatic carbocycles. The summed E-state index contributed by atoms with van der Waals surface area (Å²) in [7, 11) is 1.68. The van der Waals surface area contributed by atoms with Crippen molar-refractivity contribution in [3.8, 4) is 0 Å². The lowest BCUT2D eigenvalue weighted by atomic mass is 10.2. The number of halogens is 1. The topological polar surface area (TPSA) is 51.3 Å². The minimum absolute atomic E-state index is 0.459. The van der Waals surface area contributed by atoms with E-state index in [0.717, 1.165) is 5.56 Å². The maximum atomic E-state index is 5.72. The van der Waals surface area contributed by atoms with Crippen molar-refractivity contribution >= 4 is 23.5 Å². The molecule has 0 spiro atoms. The Morgan fingerprint density at radius 2 is 2.38 bits per heavy atom. The Kier molecular flexibility index (Phi) is 3.46. The minimum Gasteiger partial charge on any atom is -0.398 e. The van der Waals surface area contributed by atoms with E-state index in [0.29, 0.717) is 10.9 Å². The predicted octanol–water partition coefficient (Wildman–Crippen LogP) is 1.74. The van der Waals surface area contributed by atoms with Gasteiger partial charge < -0.3 is 5.73 Å². The smallest absolute Gasteiger partial charge is 0.129 e. The minimum atomic E-state index is 0.459. The molecule has 3 nitrogen and oxygen atoms in total. The number of nitrogens with two attached hydrogens (primary N) is 1. The number of aliphatic imine (C=N–C) groups is 1. The molecule has 1 aromatic rings. The molecule has 0 radical (unpaired) electrons. The molecule has 0 saturated carbocycles. The van der Waals surface area contributed by atoms with Gasteiger partial charge in [0.15, 0.2) is 0 Å². The van der Waals surface area contributed by atoms with Crippen LogP contribution in [0.15, 0.2) is 29.4 Å². The van der Waals surface area contributed by atoms with E-state index < -0.39 is 0 Å². The maximum absolute atomic E-state index is 5.72. The van der Waals surface area contributed by atoms with E-state index in [2.05, 4.69) is 9.98 Å². The molecule has 0 bridgehead atoms. The van der Waals surface area contributed by atoms with E-state index >= 15 is 0 Å². The van der Waals surface area contributed by atoms with Crippen molar-refractivity contribution in [1.29, 1.82) is 0 Å². The molecule has 0 atom stereocenters. The molecular weight excluding hydrogens is 186 g/mol. The fourth-order valence-electron chi connectivity index (χ4n) is 0.798. The summed E-state index contributed by atoms with van der Waals surface area (Å²) in [6.07, 6.45) is 4.96. The maximum Gasteiger partial charge on any atom is 0.129 e. The summed E-state index contributed by atoms with van der Waals surface area (Å²) < 4.78 is 0. The van der Waals surface area contributed by atoms with E-state index in [4.69, 9.17) is 17.3 Å². The highest BCUT2D eigenvalue weighted by Gasteiger charge is 1.95. The number of rotatable bonds is 2. The van der Waals surface area contributed by atoms with Crippen LogP contribution in [-0.4, -0.2) is 18.2 Å². The number of nitrogens with zero attached hydrogens (tertiary/aromatic N) is 2. The second-order valence-corrected chi connectivity index (χ2v) is 2.79. The second kappa shape index (κ2) is 4.62. The Balaban J connectivity index is 2.89. The van der Waals surface area contributed by atoms with Gasteiger partial charge in [0.1, 0.15) is 5.15 Å². The molecule has 0 unspecified atom stereocenters. The zero-order chi connectivity index (χ0) is 9.68. The first-order valence-electron chi connectivity index (χ1n) is 3.74. The number of pyridine rings is 1. The summed E-state index contributed by atoms with van der Waals surface area (Å²) in [5.74, 6) is 0. The average molecular weight is 196 g/mol. The quantitative estimate of drug-likeness (QED) is 0.577. The van der Waals surface area contributed by atoms with Crippen LogP contribution in [0.4, 0.5) is 0 Å². The first-order valence-corrected chi connectivity index (χ1v) is 4.11. The molecule has 68 valence electrons. The van der Waals surface area contributed by atoms with Crippen LogP contribution in [0.2, 0.25) is 5.15 Å². The number of hydrogen-bond acceptors (Lipinski definition) is 3. The van der Waals surface area contributed by atoms with Gasteiger partial charge in [0.25, 0.3) is 0 Å². The largest absolute Gasteiger partial charge is 0.398 e. The highest BCUT2D eigenvalue weighted by molar-refractivity contribution is 6.29. The molecule has 13 heavy (non-hydrogen) atoms. The molecule has 0 saturated heterocycles. The van der Waals surface area contributed by atoms with Crippen LogP contribution in [0.3, 0.4) is 0 Å². The Labute approximate surface area is 82.0 Å². The molecule has 1 aromatic heterocycles. The Morgan fingerprint density at radius 3 is 2.92 bits per heavy atom. The van der Waals surface area contributed by atoms with Crippen molar-refractivity contribution < 1.29 is 0 Å². The molecule has 0 amide bonds. The van der Waals surface area contributed by atoms with Crippen molar-refractivity contribution in [2.24, 2.45) is 10.7 Å². The van der Waals surface area contributed by atoms with Gasteiger partial charge in [0.05, 0.1) is 0 Å². The fraction of sp³-hybridized carbons (Fsp3) is 0.111. The van der Waals surface area contributed by atoms with Crippen molar-refractivity contribution in [2.45, 2.75) is 0 Å². The third-order valence-corrected chi connectivity index (χ3v) is 1.69. The Hall–Kier alpha value is -1.35. The lowest BCUT2D eigenvalue weighted by Crippen LogP contribution is -1.96. The van der Waals surface area contributed by atoms with Crippen LogP contribution in [0.5, 0.6) is 0 Å². The van der Waals surface area contributed by atoms with Gasteiger partial charge in [0, 0.05) is 30.7 Å². The zero-order valence-corrected chi connectivity index (χ0v) is 7.99. The third-order valence-electron chi connectivity index (χ3n) is 1.46. The van der Waals surface area contributed by atoms with Crippen LogP contribution < -0.4 is 5.73 Å². The first-order chi connectivity index (χ1) is 6.24. The van der Waals surface area contributed by atoms with E-state index in [-0.39, 0.29) is 0 Å². The van der Waals surface area contributed by atoms with E-state index in [1.807, 2.05) is 6.07 Å². The van der Waals surface area contributed by atoms with Crippen LogP contribution in [-0.2, 0) is 0 Å². The van der Waals surface area contributed by atoms with Crippen LogP contribution in [0.1, 0.15) is 5.56 Å². The first kappa shape index (κ1) is 9.74. The van der Waals surface area contributed by atoms with E-state index in [1.54, 1.807) is 31.6 Å². The van der Waals surface area contributed by atoms with Crippen LogP contribution in [0.25, 0.3) is 5.70 Å². The van der Waals surface area contributed by atoms with Crippen LogP contribution >= 0.6 is 11.6 Å². The summed E-state index contributed by atoms with van der Waals surface area (Å²) in [6.45, 7) is 0. The van der Waals surface area contributed by atoms with E-state index in [9.17, 15) is 0 Å². The predicted molar refractivity (Wildman–Crippen MR) is 55.8 cm³/mol. The van der Waals surface area contributed by atoms with Gasteiger partial charge in [-0.1, -0.05) is 11.6 Å². The fourth-order valence-corrected chi connectivity index (χ4v) is 0.909. The Bertz CT molecular complexity index is 327. The van der Waals surface area contributed by atoms with Crippen molar-refractivity contribution in [3.63, 3.8) is 0 Å². The molecule has 4 heteroatoms. The molecule has 1 heterocycles. The van der Waals surface area contributed by atoms with Crippen LogP contribution in [0, 0.1) is 0 Å². The second-order valence-electron chi connectivity index (χ2n) is 2.40. The molecule has 0 aliphatic rings. The molecule has 0 aliphatic carbocycles. The van der Waals surface area contributed by atoms with Crippen molar-refractivity contribution in [3.05, 3.63) is 35.1 Å². The van der Waals surface area contributed by atoms with Gasteiger partial charge in [-0.15, -0.1) is 0 Å². The van der Waals surface area contributed by atoms with Crippen molar-refractivity contribution in [2.75, 3.05) is 7.05 Å². The summed E-state index contributed by atoms with van der Waals surface area (Å²) in [6, 6.07) is 3.51. The van der Waals surface area contributed by atoms with Gasteiger partial charge >= 0.3 is 0 Å². The Morgan fingerprint density at radius 1 is 1.62 bits per heavy atom. The number of allylic oxidation sites excluding steroid dienone is 1. The molecule has 2 N–H and O–H groups in total. The monoisotopic (exact) mass is 195 g/mol. The van der Waals surface area contributed by atoms with Gasteiger partial charge in [-0.2, -0.15) is 0 Å². The number of aromatic nitrogens is 1. The molecular formula is C9H10ClN3. The third kappa shape index (κ3) is 2.87. The van der Waals surface area contributed by atoms with Gasteiger partial charge in [-0.3, -0.25) is 4.99 Å². The highest BCUT2D eigenvalue weighted by atomic mass is 35.5. The molecule has 0 fully saturated rings. The standard InChI is InChI=1S/C9H10ClN3/c1-12-5-4-8(11)7-2-3-9(10)13-6-7/h2-6H,11H2,1H3. The number of hydrogen-bond donors (Lipinski definition) is 1. The van der Waals surface area contributed by atoms with Gasteiger partial charge in [0.2, 0.25) is 0 Å². The van der Waals surface area contributed by atoms with Gasteiger partial charge in [-0.05, 0) is 18.2 Å². The lowest BCUT2D eigenvalue weighted by molar-refractivity contribution is 1.30. The van der Waals surface area contributed by atoms with E-state index in [1.165, 1.54) is 0 Å². The summed E-state index contributed by atoms with van der Waals surface area (Å²) in [4.78, 5) is 7.70. The van der Waals surface area contributed by atoms with Crippen molar-refractivity contribution in [1.82, 2.24) is 4.98 Å². The SMILES string of the molecule is CN=CC=C(N)c1ccc(Cl)nc1. The highest BCUT2D eigenvalue weighted by Crippen LogP contribution is 2.09. The normalized spacial score (nSPS) is 12.3. The van der Waals surface area contributed by atoms with Gasteiger partial charge in [-0.25, -0.2) is 4.98 Å². The molecule has 0 aliphatic heterocycles. The molecule has 1 rings (SSSR count). The summed E-state index contributed by atoms with van der Waals surface area (Å²) in [5, 5.41) is 0.459. The zero-order valence-electron chi connectivity index (χ0n) is 7.24. The summed E-state index contributed by atoms with van der Waals surface area (Å²) in [5.41, 5.74) is 7.18. The average Bonchev–Trinajstić information content (AvgIpc) is 2.15.